The van der Waals surface area contributed by atoms with Crippen molar-refractivity contribution in [3.05, 3.63) is 90.3 Å². The second-order valence-corrected chi connectivity index (χ2v) is 14.1. The van der Waals surface area contributed by atoms with E-state index < -0.39 is 15.7 Å². The van der Waals surface area contributed by atoms with Crippen LogP contribution >= 0.6 is 0 Å². The maximum atomic E-state index is 14.7. The number of nitrogens with one attached hydrogen (secondary N) is 2. The third kappa shape index (κ3) is 6.00. The van der Waals surface area contributed by atoms with Gasteiger partial charge in [-0.2, -0.15) is 5.10 Å². The summed E-state index contributed by atoms with van der Waals surface area (Å²) in [6, 6.07) is 15.2. The highest BCUT2D eigenvalue weighted by Crippen LogP contribution is 2.35. The number of likely N-dealkylation sites (tertiary alicyclic amines) is 1. The number of pyridine rings is 2. The van der Waals surface area contributed by atoms with Gasteiger partial charge in [-0.25, -0.2) is 12.8 Å². The molecule has 1 aliphatic rings. The molecular weight excluding hydrogens is 575 g/mol. The lowest BCUT2D eigenvalue weighted by molar-refractivity contribution is 0.220. The molecule has 0 spiro atoms. The molecule has 224 valence electrons. The van der Waals surface area contributed by atoms with Gasteiger partial charge in [0.15, 0.2) is 0 Å². The summed E-state index contributed by atoms with van der Waals surface area (Å²) in [4.78, 5) is 14.9. The van der Waals surface area contributed by atoms with Crippen LogP contribution in [-0.2, 0) is 22.8 Å². The molecule has 0 radical (unpaired) electrons. The molecule has 6 aromatic rings. The summed E-state index contributed by atoms with van der Waals surface area (Å²) in [5.41, 5.74) is 8.65. The number of sulfone groups is 1. The molecule has 0 bridgehead atoms. The third-order valence-corrected chi connectivity index (χ3v) is 9.32. The van der Waals surface area contributed by atoms with Gasteiger partial charge in [0.05, 0.1) is 28.7 Å². The summed E-state index contributed by atoms with van der Waals surface area (Å²) in [7, 11) is -3.17. The molecule has 1 saturated heterocycles. The number of nitrogens with zero attached hydrogens (tertiary/aromatic N) is 4. The van der Waals surface area contributed by atoms with Crippen molar-refractivity contribution < 1.29 is 12.8 Å². The summed E-state index contributed by atoms with van der Waals surface area (Å²) >= 11 is 0. The molecule has 10 heteroatoms. The average Bonchev–Trinajstić information content (AvgIpc) is 3.64. The van der Waals surface area contributed by atoms with Gasteiger partial charge in [0.2, 0.25) is 0 Å². The van der Waals surface area contributed by atoms with Gasteiger partial charge in [-0.15, -0.1) is 0 Å². The number of hydrogen-bond donors (Lipinski definition) is 2. The molecule has 44 heavy (non-hydrogen) atoms. The largest absolute Gasteiger partial charge is 0.352 e. The molecule has 0 saturated carbocycles. The number of halogens is 1. The zero-order valence-corrected chi connectivity index (χ0v) is 25.3. The Morgan fingerprint density at radius 3 is 2.48 bits per heavy atom. The zero-order chi connectivity index (χ0) is 30.3. The van der Waals surface area contributed by atoms with Crippen LogP contribution in [0.15, 0.2) is 73.3 Å². The predicted molar refractivity (Wildman–Crippen MR) is 172 cm³/mol. The molecule has 0 aliphatic carbocycles. The van der Waals surface area contributed by atoms with Gasteiger partial charge in [0.1, 0.15) is 21.3 Å². The lowest BCUT2D eigenvalue weighted by atomic mass is 10.00. The van der Waals surface area contributed by atoms with Crippen LogP contribution in [-0.4, -0.2) is 63.6 Å². The quantitative estimate of drug-likeness (QED) is 0.203. The fourth-order valence-corrected chi connectivity index (χ4v) is 6.78. The maximum absolute atomic E-state index is 14.7. The molecule has 7 rings (SSSR count). The van der Waals surface area contributed by atoms with Gasteiger partial charge in [0, 0.05) is 53.3 Å². The minimum Gasteiger partial charge on any atom is -0.352 e. The number of H-pyrrole nitrogens is 2. The standard InChI is InChI=1S/C34H33FN6O2S/c1-44(42,43)10-7-22-11-25(14-27(35)13-22)30-19-37-20-33-28(30)16-32(38-33)34-29-15-24(5-6-31(29)39-40-34)26-12-23(17-36-18-26)21-41-8-3-2-4-9-41/h5-6,11-20,38H,2-4,7-10,21H2,1H3,(H,39,40). The Kier molecular flexibility index (Phi) is 7.47. The first-order chi connectivity index (χ1) is 21.3. The molecule has 1 aliphatic heterocycles. The van der Waals surface area contributed by atoms with E-state index in [4.69, 9.17) is 0 Å². The maximum Gasteiger partial charge on any atom is 0.147 e. The number of aromatic nitrogens is 5. The van der Waals surface area contributed by atoms with Gasteiger partial charge < -0.3 is 4.98 Å². The van der Waals surface area contributed by atoms with Crippen molar-refractivity contribution in [1.29, 1.82) is 0 Å². The Bertz CT molecular complexity index is 2100. The van der Waals surface area contributed by atoms with Crippen LogP contribution in [0.1, 0.15) is 30.4 Å². The Morgan fingerprint density at radius 1 is 0.818 bits per heavy atom. The molecule has 4 aromatic heterocycles. The topological polar surface area (TPSA) is 108 Å². The van der Waals surface area contributed by atoms with E-state index in [0.717, 1.165) is 69.5 Å². The van der Waals surface area contributed by atoms with Crippen LogP contribution in [0.4, 0.5) is 4.39 Å². The smallest absolute Gasteiger partial charge is 0.147 e. The summed E-state index contributed by atoms with van der Waals surface area (Å²) in [6.45, 7) is 3.19. The summed E-state index contributed by atoms with van der Waals surface area (Å²) in [6.07, 6.45) is 12.6. The first kappa shape index (κ1) is 28.4. The number of hydrogen-bond acceptors (Lipinski definition) is 6. The van der Waals surface area contributed by atoms with E-state index in [0.29, 0.717) is 11.1 Å². The molecule has 0 unspecified atom stereocenters. The van der Waals surface area contributed by atoms with Gasteiger partial charge in [-0.3, -0.25) is 20.0 Å². The highest BCUT2D eigenvalue weighted by atomic mass is 32.2. The van der Waals surface area contributed by atoms with Crippen LogP contribution in [0.2, 0.25) is 0 Å². The highest BCUT2D eigenvalue weighted by molar-refractivity contribution is 7.90. The van der Waals surface area contributed by atoms with Crippen LogP contribution < -0.4 is 0 Å². The fourth-order valence-electron chi connectivity index (χ4n) is 6.17. The zero-order valence-electron chi connectivity index (χ0n) is 24.5. The van der Waals surface area contributed by atoms with Crippen LogP contribution in [0.5, 0.6) is 0 Å². The number of piperidine rings is 1. The van der Waals surface area contributed by atoms with Crippen molar-refractivity contribution in [3.63, 3.8) is 0 Å². The molecule has 2 N–H and O–H groups in total. The van der Waals surface area contributed by atoms with Crippen molar-refractivity contribution in [2.24, 2.45) is 0 Å². The molecule has 1 fully saturated rings. The van der Waals surface area contributed by atoms with E-state index in [1.807, 2.05) is 30.6 Å². The summed E-state index contributed by atoms with van der Waals surface area (Å²) < 4.78 is 38.1. The minimum absolute atomic E-state index is 0.0420. The van der Waals surface area contributed by atoms with Gasteiger partial charge in [-0.05, 0) is 91.0 Å². The normalized spacial score (nSPS) is 14.5. The predicted octanol–water partition coefficient (Wildman–Crippen LogP) is 6.55. The van der Waals surface area contributed by atoms with E-state index in [1.54, 1.807) is 12.4 Å². The van der Waals surface area contributed by atoms with Gasteiger partial charge in [0.25, 0.3) is 0 Å². The van der Waals surface area contributed by atoms with Gasteiger partial charge >= 0.3 is 0 Å². The number of fused-ring (bicyclic) bond motifs is 2. The Labute approximate surface area is 255 Å². The van der Waals surface area contributed by atoms with Crippen LogP contribution in [0, 0.1) is 5.82 Å². The van der Waals surface area contributed by atoms with E-state index >= 15 is 0 Å². The number of rotatable bonds is 8. The molecule has 5 heterocycles. The van der Waals surface area contributed by atoms with E-state index in [1.165, 1.54) is 43.2 Å². The Morgan fingerprint density at radius 2 is 1.64 bits per heavy atom. The van der Waals surface area contributed by atoms with Crippen LogP contribution in [0.25, 0.3) is 55.4 Å². The van der Waals surface area contributed by atoms with Crippen molar-refractivity contribution in [2.45, 2.75) is 32.2 Å². The van der Waals surface area contributed by atoms with Crippen molar-refractivity contribution in [1.82, 2.24) is 30.0 Å². The summed E-state index contributed by atoms with van der Waals surface area (Å²) in [5, 5.41) is 9.65. The molecule has 2 aromatic carbocycles. The highest BCUT2D eigenvalue weighted by Gasteiger charge is 2.17. The van der Waals surface area contributed by atoms with Crippen molar-refractivity contribution in [3.8, 4) is 33.6 Å². The van der Waals surface area contributed by atoms with Crippen molar-refractivity contribution in [2.75, 3.05) is 25.1 Å². The molecule has 0 atom stereocenters. The lowest BCUT2D eigenvalue weighted by Gasteiger charge is -2.26. The third-order valence-electron chi connectivity index (χ3n) is 8.38. The molecule has 0 amide bonds. The molecule has 8 nitrogen and oxygen atoms in total. The second-order valence-electron chi connectivity index (χ2n) is 11.8. The monoisotopic (exact) mass is 608 g/mol. The first-order valence-corrected chi connectivity index (χ1v) is 16.9. The van der Waals surface area contributed by atoms with E-state index in [-0.39, 0.29) is 12.2 Å². The fraction of sp³-hybridized carbons (Fsp3) is 0.265. The number of aromatic amines is 2. The Hall–Kier alpha value is -4.41. The number of aryl methyl sites for hydroxylation is 1. The van der Waals surface area contributed by atoms with E-state index in [9.17, 15) is 12.8 Å². The van der Waals surface area contributed by atoms with Gasteiger partial charge in [-0.1, -0.05) is 18.6 Å². The molecular formula is C34H33FN6O2S. The number of benzene rings is 2. The van der Waals surface area contributed by atoms with Crippen molar-refractivity contribution >= 4 is 31.6 Å². The SMILES string of the molecule is CS(=O)(=O)CCc1cc(F)cc(-c2cncc3[nH]c(-c4n[nH]c5ccc(-c6cncc(CN7CCCCC7)c6)cc45)cc23)c1. The first-order valence-electron chi connectivity index (χ1n) is 14.9. The summed E-state index contributed by atoms with van der Waals surface area (Å²) in [5.74, 6) is -0.460. The minimum atomic E-state index is -3.17. The Balaban J connectivity index is 1.23. The second kappa shape index (κ2) is 11.6. The average molecular weight is 609 g/mol. The van der Waals surface area contributed by atoms with Crippen LogP contribution in [0.3, 0.4) is 0 Å². The lowest BCUT2D eigenvalue weighted by Crippen LogP contribution is -2.29. The van der Waals surface area contributed by atoms with E-state index in [2.05, 4.69) is 48.2 Å².